The molecule has 0 aromatic heterocycles. The monoisotopic (exact) mass is 276 g/mol. The van der Waals surface area contributed by atoms with Gasteiger partial charge in [0.15, 0.2) is 0 Å². The maximum absolute atomic E-state index is 11.7. The Labute approximate surface area is 120 Å². The highest BCUT2D eigenvalue weighted by atomic mass is 16.5. The van der Waals surface area contributed by atoms with Crippen molar-refractivity contribution in [1.29, 1.82) is 0 Å². The third-order valence-corrected chi connectivity index (χ3v) is 3.54. The normalized spacial score (nSPS) is 18.1. The molecule has 1 saturated heterocycles. The number of rotatable bonds is 7. The van der Waals surface area contributed by atoms with Crippen LogP contribution in [-0.2, 0) is 16.1 Å². The highest BCUT2D eigenvalue weighted by Crippen LogP contribution is 2.10. The maximum atomic E-state index is 11.7. The minimum absolute atomic E-state index is 0.0883. The van der Waals surface area contributed by atoms with Crippen molar-refractivity contribution in [2.75, 3.05) is 19.7 Å². The second-order valence-corrected chi connectivity index (χ2v) is 5.35. The fourth-order valence-electron chi connectivity index (χ4n) is 2.27. The molecule has 0 aliphatic carbocycles. The lowest BCUT2D eigenvalue weighted by Crippen LogP contribution is -2.31. The fraction of sp³-hybridized carbons (Fsp3) is 0.562. The van der Waals surface area contributed by atoms with Crippen LogP contribution < -0.4 is 10.6 Å². The van der Waals surface area contributed by atoms with E-state index < -0.39 is 0 Å². The van der Waals surface area contributed by atoms with Gasteiger partial charge in [0.25, 0.3) is 0 Å². The van der Waals surface area contributed by atoms with Crippen LogP contribution in [0.2, 0.25) is 0 Å². The second kappa shape index (κ2) is 8.02. The number of carbonyl (C=O) groups is 1. The van der Waals surface area contributed by atoms with Gasteiger partial charge in [0.2, 0.25) is 5.91 Å². The average Bonchev–Trinajstić information content (AvgIpc) is 2.96. The molecule has 1 unspecified atom stereocenters. The topological polar surface area (TPSA) is 50.4 Å². The van der Waals surface area contributed by atoms with E-state index in [1.807, 2.05) is 12.1 Å². The summed E-state index contributed by atoms with van der Waals surface area (Å²) in [5.41, 5.74) is 2.37. The molecular weight excluding hydrogens is 252 g/mol. The Morgan fingerprint density at radius 2 is 2.15 bits per heavy atom. The molecule has 4 nitrogen and oxygen atoms in total. The fourth-order valence-corrected chi connectivity index (χ4v) is 2.27. The van der Waals surface area contributed by atoms with Gasteiger partial charge < -0.3 is 15.4 Å². The quantitative estimate of drug-likeness (QED) is 0.746. The summed E-state index contributed by atoms with van der Waals surface area (Å²) in [4.78, 5) is 11.7. The van der Waals surface area contributed by atoms with Crippen LogP contribution in [0.5, 0.6) is 0 Å². The molecule has 0 saturated carbocycles. The SMILES string of the molecule is Cc1ccc(CNC(=O)CCNCC2CCCO2)cc1. The van der Waals surface area contributed by atoms with Crippen molar-refractivity contribution in [1.82, 2.24) is 10.6 Å². The summed E-state index contributed by atoms with van der Waals surface area (Å²) >= 11 is 0. The molecule has 1 atom stereocenters. The molecule has 1 amide bonds. The van der Waals surface area contributed by atoms with E-state index in [0.29, 0.717) is 25.6 Å². The van der Waals surface area contributed by atoms with Crippen LogP contribution >= 0.6 is 0 Å². The molecule has 4 heteroatoms. The minimum Gasteiger partial charge on any atom is -0.377 e. The molecule has 1 aliphatic heterocycles. The largest absolute Gasteiger partial charge is 0.377 e. The number of hydrogen-bond donors (Lipinski definition) is 2. The number of carbonyl (C=O) groups excluding carboxylic acids is 1. The van der Waals surface area contributed by atoms with E-state index >= 15 is 0 Å². The number of amides is 1. The molecule has 2 N–H and O–H groups in total. The molecule has 1 fully saturated rings. The molecule has 20 heavy (non-hydrogen) atoms. The molecule has 1 aromatic carbocycles. The lowest BCUT2D eigenvalue weighted by atomic mass is 10.1. The highest BCUT2D eigenvalue weighted by Gasteiger charge is 2.14. The third kappa shape index (κ3) is 5.31. The van der Waals surface area contributed by atoms with Gasteiger partial charge >= 0.3 is 0 Å². The molecule has 1 aromatic rings. The van der Waals surface area contributed by atoms with Crippen LogP contribution in [0.4, 0.5) is 0 Å². The van der Waals surface area contributed by atoms with E-state index in [4.69, 9.17) is 4.74 Å². The molecular formula is C16H24N2O2. The Balaban J connectivity index is 1.54. The Bertz CT molecular complexity index is 411. The van der Waals surface area contributed by atoms with Gasteiger partial charge in [-0.2, -0.15) is 0 Å². The van der Waals surface area contributed by atoms with Gasteiger partial charge in [0.05, 0.1) is 6.10 Å². The van der Waals surface area contributed by atoms with Crippen LogP contribution in [0, 0.1) is 6.92 Å². The first kappa shape index (κ1) is 15.0. The van der Waals surface area contributed by atoms with Crippen molar-refractivity contribution in [2.45, 2.75) is 38.8 Å². The zero-order chi connectivity index (χ0) is 14.2. The summed E-state index contributed by atoms with van der Waals surface area (Å²) in [6, 6.07) is 8.21. The number of nitrogens with one attached hydrogen (secondary N) is 2. The lowest BCUT2D eigenvalue weighted by Gasteiger charge is -2.10. The van der Waals surface area contributed by atoms with Crippen LogP contribution in [0.25, 0.3) is 0 Å². The summed E-state index contributed by atoms with van der Waals surface area (Å²) < 4.78 is 5.51. The van der Waals surface area contributed by atoms with Crippen molar-refractivity contribution in [2.24, 2.45) is 0 Å². The van der Waals surface area contributed by atoms with E-state index in [1.165, 1.54) is 5.56 Å². The zero-order valence-electron chi connectivity index (χ0n) is 12.2. The smallest absolute Gasteiger partial charge is 0.221 e. The summed E-state index contributed by atoms with van der Waals surface area (Å²) in [7, 11) is 0. The average molecular weight is 276 g/mol. The van der Waals surface area contributed by atoms with Gasteiger partial charge in [0.1, 0.15) is 0 Å². The third-order valence-electron chi connectivity index (χ3n) is 3.54. The van der Waals surface area contributed by atoms with Gasteiger partial charge in [-0.25, -0.2) is 0 Å². The van der Waals surface area contributed by atoms with Gasteiger partial charge in [-0.1, -0.05) is 29.8 Å². The van der Waals surface area contributed by atoms with Crippen LogP contribution in [0.15, 0.2) is 24.3 Å². The molecule has 0 radical (unpaired) electrons. The number of aryl methyl sites for hydroxylation is 1. The Kier molecular flexibility index (Phi) is 6.02. The lowest BCUT2D eigenvalue weighted by molar-refractivity contribution is -0.121. The Morgan fingerprint density at radius 1 is 1.35 bits per heavy atom. The Morgan fingerprint density at radius 3 is 2.85 bits per heavy atom. The molecule has 0 spiro atoms. The van der Waals surface area contributed by atoms with E-state index in [9.17, 15) is 4.79 Å². The number of ether oxygens (including phenoxy) is 1. The predicted molar refractivity (Wildman–Crippen MR) is 79.5 cm³/mol. The van der Waals surface area contributed by atoms with Gasteiger partial charge in [-0.15, -0.1) is 0 Å². The van der Waals surface area contributed by atoms with Crippen LogP contribution in [0.1, 0.15) is 30.4 Å². The summed E-state index contributed by atoms with van der Waals surface area (Å²) in [6.45, 7) is 5.10. The van der Waals surface area contributed by atoms with E-state index in [0.717, 1.165) is 31.6 Å². The first-order valence-corrected chi connectivity index (χ1v) is 7.38. The van der Waals surface area contributed by atoms with Crippen molar-refractivity contribution < 1.29 is 9.53 Å². The zero-order valence-corrected chi connectivity index (χ0v) is 12.2. The van der Waals surface area contributed by atoms with Crippen LogP contribution in [0.3, 0.4) is 0 Å². The van der Waals surface area contributed by atoms with Gasteiger partial charge in [-0.05, 0) is 25.3 Å². The van der Waals surface area contributed by atoms with Crippen LogP contribution in [-0.4, -0.2) is 31.7 Å². The summed E-state index contributed by atoms with van der Waals surface area (Å²) in [5.74, 6) is 0.0883. The Hall–Kier alpha value is -1.39. The number of benzene rings is 1. The molecule has 2 rings (SSSR count). The van der Waals surface area contributed by atoms with E-state index in [1.54, 1.807) is 0 Å². The van der Waals surface area contributed by atoms with E-state index in [-0.39, 0.29) is 5.91 Å². The molecule has 0 bridgehead atoms. The maximum Gasteiger partial charge on any atom is 0.221 e. The summed E-state index contributed by atoms with van der Waals surface area (Å²) in [5, 5.41) is 6.21. The summed E-state index contributed by atoms with van der Waals surface area (Å²) in [6.07, 6.45) is 3.14. The molecule has 110 valence electrons. The van der Waals surface area contributed by atoms with Crippen molar-refractivity contribution in [3.8, 4) is 0 Å². The first-order chi connectivity index (χ1) is 9.74. The number of hydrogen-bond acceptors (Lipinski definition) is 3. The first-order valence-electron chi connectivity index (χ1n) is 7.38. The molecule has 1 aliphatic rings. The van der Waals surface area contributed by atoms with E-state index in [2.05, 4.69) is 29.7 Å². The predicted octanol–water partition coefficient (Wildman–Crippen LogP) is 1.77. The van der Waals surface area contributed by atoms with Gasteiger partial charge in [-0.3, -0.25) is 4.79 Å². The van der Waals surface area contributed by atoms with Crippen molar-refractivity contribution >= 4 is 5.91 Å². The second-order valence-electron chi connectivity index (χ2n) is 5.35. The highest BCUT2D eigenvalue weighted by molar-refractivity contribution is 5.76. The standard InChI is InChI=1S/C16H24N2O2/c1-13-4-6-14(7-5-13)11-18-16(19)8-9-17-12-15-3-2-10-20-15/h4-7,15,17H,2-3,8-12H2,1H3,(H,18,19). The van der Waals surface area contributed by atoms with Crippen molar-refractivity contribution in [3.05, 3.63) is 35.4 Å². The van der Waals surface area contributed by atoms with Gasteiger partial charge in [0, 0.05) is 32.7 Å². The minimum atomic E-state index is 0.0883. The van der Waals surface area contributed by atoms with Crippen molar-refractivity contribution in [3.63, 3.8) is 0 Å². The molecule has 1 heterocycles.